The predicted octanol–water partition coefficient (Wildman–Crippen LogP) is 3.29. The third kappa shape index (κ3) is 4.63. The Morgan fingerprint density at radius 2 is 1.89 bits per heavy atom. The first-order valence-electron chi connectivity index (χ1n) is 7.78. The summed E-state index contributed by atoms with van der Waals surface area (Å²) in [6, 6.07) is 11.6. The molecule has 0 amide bonds. The van der Waals surface area contributed by atoms with Crippen molar-refractivity contribution < 1.29 is 0 Å². The second-order valence-corrected chi connectivity index (χ2v) is 5.87. The first-order valence-corrected chi connectivity index (χ1v) is 7.78. The molecule has 2 rings (SSSR count). The molecule has 1 aliphatic rings. The first kappa shape index (κ1) is 14.5. The average molecular weight is 260 g/mol. The molecule has 1 aliphatic heterocycles. The van der Waals surface area contributed by atoms with Crippen LogP contribution in [0.15, 0.2) is 30.3 Å². The van der Waals surface area contributed by atoms with Crippen molar-refractivity contribution in [1.29, 1.82) is 0 Å². The van der Waals surface area contributed by atoms with Crippen LogP contribution in [0.2, 0.25) is 0 Å². The summed E-state index contributed by atoms with van der Waals surface area (Å²) in [4.78, 5) is 2.67. The standard InChI is InChI=1S/C17H28N2/c1-3-15(2)19(13-16-7-5-4-6-8-16)14-17-9-11-18-12-10-17/h4-8,15,17-18H,3,9-14H2,1-2H3. The molecule has 0 aromatic heterocycles. The average Bonchev–Trinajstić information content (AvgIpc) is 2.48. The zero-order valence-electron chi connectivity index (χ0n) is 12.4. The van der Waals surface area contributed by atoms with E-state index >= 15 is 0 Å². The minimum Gasteiger partial charge on any atom is -0.317 e. The highest BCUT2D eigenvalue weighted by Crippen LogP contribution is 2.18. The van der Waals surface area contributed by atoms with E-state index in [1.165, 1.54) is 44.5 Å². The van der Waals surface area contributed by atoms with Gasteiger partial charge in [0.15, 0.2) is 0 Å². The second kappa shape index (κ2) is 7.66. The molecule has 0 radical (unpaired) electrons. The number of benzene rings is 1. The van der Waals surface area contributed by atoms with Crippen molar-refractivity contribution >= 4 is 0 Å². The summed E-state index contributed by atoms with van der Waals surface area (Å²) in [7, 11) is 0. The van der Waals surface area contributed by atoms with Gasteiger partial charge < -0.3 is 5.32 Å². The van der Waals surface area contributed by atoms with Crippen LogP contribution in [0.1, 0.15) is 38.7 Å². The normalized spacial score (nSPS) is 18.7. The fourth-order valence-electron chi connectivity index (χ4n) is 2.87. The van der Waals surface area contributed by atoms with Gasteiger partial charge in [0.05, 0.1) is 0 Å². The molecule has 1 atom stereocenters. The summed E-state index contributed by atoms with van der Waals surface area (Å²) >= 11 is 0. The Hall–Kier alpha value is -0.860. The third-order valence-electron chi connectivity index (χ3n) is 4.39. The van der Waals surface area contributed by atoms with Crippen LogP contribution >= 0.6 is 0 Å². The van der Waals surface area contributed by atoms with Crippen molar-refractivity contribution in [1.82, 2.24) is 10.2 Å². The second-order valence-electron chi connectivity index (χ2n) is 5.87. The van der Waals surface area contributed by atoms with Gasteiger partial charge >= 0.3 is 0 Å². The Morgan fingerprint density at radius 1 is 1.21 bits per heavy atom. The number of hydrogen-bond acceptors (Lipinski definition) is 2. The van der Waals surface area contributed by atoms with Gasteiger partial charge in [0.25, 0.3) is 0 Å². The molecule has 1 N–H and O–H groups in total. The van der Waals surface area contributed by atoms with Crippen LogP contribution in [-0.4, -0.2) is 30.6 Å². The zero-order valence-corrected chi connectivity index (χ0v) is 12.4. The van der Waals surface area contributed by atoms with E-state index in [1.807, 2.05) is 0 Å². The molecule has 0 bridgehead atoms. The molecule has 19 heavy (non-hydrogen) atoms. The zero-order chi connectivity index (χ0) is 13.5. The Bertz CT molecular complexity index is 344. The van der Waals surface area contributed by atoms with Crippen LogP contribution in [0, 0.1) is 5.92 Å². The van der Waals surface area contributed by atoms with Crippen molar-refractivity contribution in [2.75, 3.05) is 19.6 Å². The molecule has 0 aliphatic carbocycles. The minimum absolute atomic E-state index is 0.676. The van der Waals surface area contributed by atoms with Gasteiger partial charge in [-0.2, -0.15) is 0 Å². The van der Waals surface area contributed by atoms with E-state index in [0.717, 1.165) is 12.5 Å². The topological polar surface area (TPSA) is 15.3 Å². The summed E-state index contributed by atoms with van der Waals surface area (Å²) in [5.41, 5.74) is 1.44. The minimum atomic E-state index is 0.676. The largest absolute Gasteiger partial charge is 0.317 e. The van der Waals surface area contributed by atoms with E-state index in [2.05, 4.69) is 54.4 Å². The molecule has 0 saturated carbocycles. The third-order valence-corrected chi connectivity index (χ3v) is 4.39. The van der Waals surface area contributed by atoms with Gasteiger partial charge in [-0.25, -0.2) is 0 Å². The molecule has 1 saturated heterocycles. The molecule has 1 unspecified atom stereocenters. The van der Waals surface area contributed by atoms with E-state index < -0.39 is 0 Å². The van der Waals surface area contributed by atoms with Crippen molar-refractivity contribution in [3.8, 4) is 0 Å². The quantitative estimate of drug-likeness (QED) is 0.844. The summed E-state index contributed by atoms with van der Waals surface area (Å²) in [6.07, 6.45) is 3.90. The Morgan fingerprint density at radius 3 is 2.53 bits per heavy atom. The number of piperidine rings is 1. The number of nitrogens with one attached hydrogen (secondary N) is 1. The van der Waals surface area contributed by atoms with Crippen molar-refractivity contribution in [2.45, 2.75) is 45.7 Å². The van der Waals surface area contributed by atoms with Crippen molar-refractivity contribution in [3.05, 3.63) is 35.9 Å². The molecule has 2 heteroatoms. The molecule has 0 spiro atoms. The van der Waals surface area contributed by atoms with Crippen LogP contribution in [0.5, 0.6) is 0 Å². The molecular formula is C17H28N2. The summed E-state index contributed by atoms with van der Waals surface area (Å²) in [5, 5.41) is 3.46. The summed E-state index contributed by atoms with van der Waals surface area (Å²) < 4.78 is 0. The lowest BCUT2D eigenvalue weighted by Crippen LogP contribution is -2.39. The van der Waals surface area contributed by atoms with Gasteiger partial charge in [-0.05, 0) is 50.8 Å². The number of rotatable bonds is 6. The van der Waals surface area contributed by atoms with Gasteiger partial charge in [0.1, 0.15) is 0 Å². The lowest BCUT2D eigenvalue weighted by atomic mass is 9.96. The maximum atomic E-state index is 3.46. The lowest BCUT2D eigenvalue weighted by molar-refractivity contribution is 0.149. The number of nitrogens with zero attached hydrogens (tertiary/aromatic N) is 1. The molecule has 1 aromatic carbocycles. The van der Waals surface area contributed by atoms with Gasteiger partial charge in [-0.3, -0.25) is 4.90 Å². The molecule has 1 fully saturated rings. The van der Waals surface area contributed by atoms with Gasteiger partial charge in [-0.15, -0.1) is 0 Å². The van der Waals surface area contributed by atoms with Gasteiger partial charge in [0, 0.05) is 19.1 Å². The smallest absolute Gasteiger partial charge is 0.0236 e. The van der Waals surface area contributed by atoms with Crippen LogP contribution in [0.3, 0.4) is 0 Å². The van der Waals surface area contributed by atoms with Crippen molar-refractivity contribution in [2.24, 2.45) is 5.92 Å². The Balaban J connectivity index is 1.95. The van der Waals surface area contributed by atoms with Crippen LogP contribution < -0.4 is 5.32 Å². The molecular weight excluding hydrogens is 232 g/mol. The van der Waals surface area contributed by atoms with Crippen molar-refractivity contribution in [3.63, 3.8) is 0 Å². The number of hydrogen-bond donors (Lipinski definition) is 1. The van der Waals surface area contributed by atoms with Crippen LogP contribution in [0.4, 0.5) is 0 Å². The van der Waals surface area contributed by atoms with E-state index in [4.69, 9.17) is 0 Å². The summed E-state index contributed by atoms with van der Waals surface area (Å²) in [5.74, 6) is 0.874. The van der Waals surface area contributed by atoms with E-state index in [0.29, 0.717) is 6.04 Å². The SMILES string of the molecule is CCC(C)N(Cc1ccccc1)CC1CCNCC1. The van der Waals surface area contributed by atoms with E-state index in [9.17, 15) is 0 Å². The maximum Gasteiger partial charge on any atom is 0.0236 e. The monoisotopic (exact) mass is 260 g/mol. The Labute approximate surface area is 118 Å². The first-order chi connectivity index (χ1) is 9.29. The lowest BCUT2D eigenvalue weighted by Gasteiger charge is -2.34. The fraction of sp³-hybridized carbons (Fsp3) is 0.647. The summed E-state index contributed by atoms with van der Waals surface area (Å²) in [6.45, 7) is 9.41. The maximum absolute atomic E-state index is 3.46. The highest BCUT2D eigenvalue weighted by molar-refractivity contribution is 5.14. The van der Waals surface area contributed by atoms with Gasteiger partial charge in [-0.1, -0.05) is 37.3 Å². The van der Waals surface area contributed by atoms with Crippen LogP contribution in [0.25, 0.3) is 0 Å². The van der Waals surface area contributed by atoms with E-state index in [-0.39, 0.29) is 0 Å². The van der Waals surface area contributed by atoms with E-state index in [1.54, 1.807) is 0 Å². The highest BCUT2D eigenvalue weighted by atomic mass is 15.1. The predicted molar refractivity (Wildman–Crippen MR) is 82.2 cm³/mol. The molecule has 1 aromatic rings. The highest BCUT2D eigenvalue weighted by Gasteiger charge is 2.20. The fourth-order valence-corrected chi connectivity index (χ4v) is 2.87. The van der Waals surface area contributed by atoms with Crippen LogP contribution in [-0.2, 0) is 6.54 Å². The molecule has 106 valence electrons. The Kier molecular flexibility index (Phi) is 5.87. The molecule has 1 heterocycles. The molecule has 2 nitrogen and oxygen atoms in total. The van der Waals surface area contributed by atoms with Gasteiger partial charge in [0.2, 0.25) is 0 Å².